The zero-order valence-electron chi connectivity index (χ0n) is 11.8. The van der Waals surface area contributed by atoms with E-state index in [4.69, 9.17) is 4.74 Å². The lowest BCUT2D eigenvalue weighted by molar-refractivity contribution is 0.0997. The summed E-state index contributed by atoms with van der Waals surface area (Å²) >= 11 is 0. The van der Waals surface area contributed by atoms with E-state index in [1.54, 1.807) is 4.90 Å². The van der Waals surface area contributed by atoms with Gasteiger partial charge in [-0.05, 0) is 17.7 Å². The van der Waals surface area contributed by atoms with Crippen molar-refractivity contribution in [1.29, 1.82) is 0 Å². The van der Waals surface area contributed by atoms with Gasteiger partial charge < -0.3 is 9.84 Å². The van der Waals surface area contributed by atoms with Crippen molar-refractivity contribution in [1.82, 2.24) is 0 Å². The van der Waals surface area contributed by atoms with Gasteiger partial charge in [0.05, 0.1) is 29.7 Å². The minimum absolute atomic E-state index is 0.0490. The number of hydrogen-bond donors (Lipinski definition) is 1. The molecule has 22 heavy (non-hydrogen) atoms. The summed E-state index contributed by atoms with van der Waals surface area (Å²) in [6.07, 6.45) is 0.614. The number of allylic oxidation sites excluding steroid dienone is 1. The van der Waals surface area contributed by atoms with Gasteiger partial charge in [0.15, 0.2) is 11.5 Å². The van der Waals surface area contributed by atoms with Gasteiger partial charge in [-0.2, -0.15) is 0 Å². The molecule has 0 aliphatic carbocycles. The van der Waals surface area contributed by atoms with Crippen LogP contribution < -0.4 is 9.64 Å². The zero-order chi connectivity index (χ0) is 15.3. The van der Waals surface area contributed by atoms with E-state index in [1.165, 1.54) is 19.2 Å². The lowest BCUT2D eigenvalue weighted by Gasteiger charge is -2.17. The molecule has 2 aliphatic rings. The van der Waals surface area contributed by atoms with Gasteiger partial charge in [-0.3, -0.25) is 9.69 Å². The summed E-state index contributed by atoms with van der Waals surface area (Å²) in [6, 6.07) is 10.7. The van der Waals surface area contributed by atoms with Crippen LogP contribution in [-0.2, 0) is 6.42 Å². The number of aromatic hydroxyl groups is 1. The first kappa shape index (κ1) is 12.7. The van der Waals surface area contributed by atoms with Crippen LogP contribution in [0.4, 0.5) is 11.4 Å². The molecule has 4 rings (SSSR count). The van der Waals surface area contributed by atoms with Gasteiger partial charge in [0.1, 0.15) is 0 Å². The quantitative estimate of drug-likeness (QED) is 0.879. The van der Waals surface area contributed by atoms with Crippen molar-refractivity contribution in [3.63, 3.8) is 0 Å². The monoisotopic (exact) mass is 292 g/mol. The molecule has 5 nitrogen and oxygen atoms in total. The van der Waals surface area contributed by atoms with Gasteiger partial charge in [0.2, 0.25) is 0 Å². The molecular weight excluding hydrogens is 280 g/mol. The second-order valence-corrected chi connectivity index (χ2v) is 5.16. The number of hydrogen-bond acceptors (Lipinski definition) is 4. The fourth-order valence-corrected chi connectivity index (χ4v) is 2.83. The third-order valence-corrected chi connectivity index (χ3v) is 3.90. The van der Waals surface area contributed by atoms with Crippen molar-refractivity contribution in [3.8, 4) is 11.5 Å². The van der Waals surface area contributed by atoms with E-state index in [9.17, 15) is 9.90 Å². The highest BCUT2D eigenvalue weighted by atomic mass is 16.5. The predicted molar refractivity (Wildman–Crippen MR) is 82.2 cm³/mol. The lowest BCUT2D eigenvalue weighted by atomic mass is 10.1. The molecule has 0 unspecified atom stereocenters. The lowest BCUT2D eigenvalue weighted by Crippen LogP contribution is -2.27. The van der Waals surface area contributed by atoms with Crippen molar-refractivity contribution in [2.24, 2.45) is 4.99 Å². The number of rotatable bonds is 1. The van der Waals surface area contributed by atoms with Crippen LogP contribution in [0.2, 0.25) is 0 Å². The molecule has 2 aromatic carbocycles. The Morgan fingerprint density at radius 1 is 1.32 bits per heavy atom. The molecular formula is C17H12N2O3. The molecule has 5 heteroatoms. The van der Waals surface area contributed by atoms with Crippen LogP contribution in [0, 0.1) is 0 Å². The van der Waals surface area contributed by atoms with Gasteiger partial charge in [0, 0.05) is 18.4 Å². The topological polar surface area (TPSA) is 62.1 Å². The van der Waals surface area contributed by atoms with Crippen molar-refractivity contribution in [3.05, 3.63) is 53.2 Å². The number of anilines is 1. The van der Waals surface area contributed by atoms with E-state index in [0.29, 0.717) is 23.4 Å². The molecule has 0 saturated carbocycles. The number of phenols is 1. The van der Waals surface area contributed by atoms with Gasteiger partial charge in [0.25, 0.3) is 5.91 Å². The summed E-state index contributed by atoms with van der Waals surface area (Å²) in [5.74, 6) is 2.94. The zero-order valence-corrected chi connectivity index (χ0v) is 11.8. The van der Waals surface area contributed by atoms with Gasteiger partial charge in [-0.1, -0.05) is 18.2 Å². The summed E-state index contributed by atoms with van der Waals surface area (Å²) in [5.41, 5.74) is 3.41. The molecule has 1 N–H and O–H groups in total. The molecule has 108 valence electrons. The summed E-state index contributed by atoms with van der Waals surface area (Å²) < 4.78 is 5.09. The van der Waals surface area contributed by atoms with E-state index in [2.05, 4.69) is 10.9 Å². The van der Waals surface area contributed by atoms with Gasteiger partial charge in [-0.25, -0.2) is 4.99 Å². The first-order chi connectivity index (χ1) is 10.7. The molecule has 0 aromatic heterocycles. The van der Waals surface area contributed by atoms with Crippen molar-refractivity contribution < 1.29 is 14.6 Å². The number of fused-ring (bicyclic) bond motifs is 4. The smallest absolute Gasteiger partial charge is 0.265 e. The SMILES string of the molecule is COc1cc2c(cc1O)N=C=C1Cc3ccccc3N1C2=O. The van der Waals surface area contributed by atoms with Crippen LogP contribution in [-0.4, -0.2) is 24.0 Å². The van der Waals surface area contributed by atoms with Crippen molar-refractivity contribution >= 4 is 23.2 Å². The standard InChI is InChI=1S/C17H12N2O3/c1-22-16-7-12-13(8-15(16)20)18-9-11-6-10-4-2-3-5-14(10)19(11)17(12)21/h2-5,7-8,20H,6H2,1H3. The average Bonchev–Trinajstić information content (AvgIpc) is 2.84. The summed E-state index contributed by atoms with van der Waals surface area (Å²) in [7, 11) is 1.45. The van der Waals surface area contributed by atoms with Crippen molar-refractivity contribution in [2.45, 2.75) is 6.42 Å². The second kappa shape index (κ2) is 4.48. The number of amides is 1. The number of para-hydroxylation sites is 1. The van der Waals surface area contributed by atoms with Crippen LogP contribution in [0.3, 0.4) is 0 Å². The molecule has 2 aliphatic heterocycles. The molecule has 1 amide bonds. The Kier molecular flexibility index (Phi) is 2.58. The molecule has 2 heterocycles. The highest BCUT2D eigenvalue weighted by molar-refractivity contribution is 6.15. The normalized spacial score (nSPS) is 14.9. The maximum Gasteiger partial charge on any atom is 0.265 e. The Bertz CT molecular complexity index is 879. The predicted octanol–water partition coefficient (Wildman–Crippen LogP) is 2.80. The van der Waals surface area contributed by atoms with Gasteiger partial charge >= 0.3 is 0 Å². The Morgan fingerprint density at radius 3 is 2.95 bits per heavy atom. The van der Waals surface area contributed by atoms with Crippen LogP contribution in [0.1, 0.15) is 15.9 Å². The summed E-state index contributed by atoms with van der Waals surface area (Å²) in [5, 5.41) is 9.86. The molecule has 0 fully saturated rings. The van der Waals surface area contributed by atoms with Crippen LogP contribution in [0.5, 0.6) is 11.5 Å². The number of carbonyl (C=O) groups excluding carboxylic acids is 1. The van der Waals surface area contributed by atoms with E-state index < -0.39 is 0 Å². The average molecular weight is 292 g/mol. The number of carbonyl (C=O) groups is 1. The Hall–Kier alpha value is -3.04. The van der Waals surface area contributed by atoms with Crippen LogP contribution in [0.25, 0.3) is 0 Å². The van der Waals surface area contributed by atoms with E-state index in [0.717, 1.165) is 11.3 Å². The van der Waals surface area contributed by atoms with E-state index in [-0.39, 0.29) is 17.4 Å². The van der Waals surface area contributed by atoms with Gasteiger partial charge in [-0.15, -0.1) is 0 Å². The minimum atomic E-state index is -0.193. The number of methoxy groups -OCH3 is 1. The Balaban J connectivity index is 1.94. The number of phenolic OH excluding ortho intramolecular Hbond substituents is 1. The fourth-order valence-electron chi connectivity index (χ4n) is 2.83. The summed E-state index contributed by atoms with van der Waals surface area (Å²) in [4.78, 5) is 18.8. The third kappa shape index (κ3) is 1.66. The number of ether oxygens (including phenoxy) is 1. The highest BCUT2D eigenvalue weighted by Gasteiger charge is 2.33. The highest BCUT2D eigenvalue weighted by Crippen LogP contribution is 2.40. The first-order valence-corrected chi connectivity index (χ1v) is 6.85. The molecule has 0 atom stereocenters. The number of benzene rings is 2. The van der Waals surface area contributed by atoms with Crippen molar-refractivity contribution in [2.75, 3.05) is 12.0 Å². The van der Waals surface area contributed by atoms with Crippen LogP contribution in [0.15, 0.2) is 47.1 Å². The minimum Gasteiger partial charge on any atom is -0.504 e. The molecule has 2 aromatic rings. The maximum absolute atomic E-state index is 12.9. The second-order valence-electron chi connectivity index (χ2n) is 5.16. The molecule has 0 bridgehead atoms. The van der Waals surface area contributed by atoms with E-state index >= 15 is 0 Å². The molecule has 0 spiro atoms. The Labute approximate surface area is 126 Å². The fraction of sp³-hybridized carbons (Fsp3) is 0.118. The summed E-state index contributed by atoms with van der Waals surface area (Å²) in [6.45, 7) is 0. The largest absolute Gasteiger partial charge is 0.504 e. The van der Waals surface area contributed by atoms with Crippen LogP contribution >= 0.6 is 0 Å². The molecule has 0 radical (unpaired) electrons. The van der Waals surface area contributed by atoms with E-state index in [1.807, 2.05) is 24.3 Å². The maximum atomic E-state index is 12.9. The Morgan fingerprint density at radius 2 is 2.14 bits per heavy atom. The number of nitrogens with zero attached hydrogens (tertiary/aromatic N) is 2. The first-order valence-electron chi connectivity index (χ1n) is 6.85. The number of aliphatic imine (C=N–C) groups is 1. The molecule has 0 saturated heterocycles. The third-order valence-electron chi connectivity index (χ3n) is 3.90.